The van der Waals surface area contributed by atoms with Crippen molar-refractivity contribution in [1.82, 2.24) is 0 Å². The summed E-state index contributed by atoms with van der Waals surface area (Å²) in [4.78, 5) is 11.4. The van der Waals surface area contributed by atoms with E-state index in [2.05, 4.69) is 26.0 Å². The highest BCUT2D eigenvalue weighted by Crippen LogP contribution is 2.25. The second-order valence-corrected chi connectivity index (χ2v) is 4.98. The highest BCUT2D eigenvalue weighted by molar-refractivity contribution is 9.10. The van der Waals surface area contributed by atoms with E-state index in [1.807, 2.05) is 6.92 Å². The molecule has 2 rings (SSSR count). The Morgan fingerprint density at radius 1 is 1.40 bits per heavy atom. The van der Waals surface area contributed by atoms with Crippen LogP contribution in [0.3, 0.4) is 0 Å². The second kappa shape index (κ2) is 6.09. The van der Waals surface area contributed by atoms with Gasteiger partial charge in [-0.05, 0) is 53.2 Å². The van der Waals surface area contributed by atoms with Crippen LogP contribution in [0, 0.1) is 5.82 Å². The summed E-state index contributed by atoms with van der Waals surface area (Å²) in [6, 6.07) is 7.30. The molecule has 0 aliphatic heterocycles. The minimum absolute atomic E-state index is 0.216. The fourth-order valence-electron chi connectivity index (χ4n) is 1.75. The van der Waals surface area contributed by atoms with Crippen molar-refractivity contribution in [3.05, 3.63) is 52.1 Å². The van der Waals surface area contributed by atoms with Crippen molar-refractivity contribution in [2.45, 2.75) is 13.0 Å². The molecule has 0 aliphatic rings. The number of halogens is 2. The van der Waals surface area contributed by atoms with Crippen molar-refractivity contribution in [2.24, 2.45) is 0 Å². The molecule has 0 bridgehead atoms. The van der Waals surface area contributed by atoms with E-state index in [1.165, 1.54) is 25.3 Å². The third kappa shape index (κ3) is 3.19. The minimum atomic E-state index is -0.513. The molecule has 0 aliphatic carbocycles. The van der Waals surface area contributed by atoms with Crippen LogP contribution in [-0.4, -0.2) is 13.1 Å². The van der Waals surface area contributed by atoms with Gasteiger partial charge in [-0.2, -0.15) is 0 Å². The van der Waals surface area contributed by atoms with Gasteiger partial charge >= 0.3 is 5.97 Å². The van der Waals surface area contributed by atoms with Crippen LogP contribution in [0.1, 0.15) is 29.1 Å². The highest BCUT2D eigenvalue weighted by Gasteiger charge is 2.14. The van der Waals surface area contributed by atoms with E-state index in [0.29, 0.717) is 10.4 Å². The predicted molar refractivity (Wildman–Crippen MR) is 76.2 cm³/mol. The average molecular weight is 342 g/mol. The lowest BCUT2D eigenvalue weighted by Crippen LogP contribution is -2.09. The van der Waals surface area contributed by atoms with E-state index < -0.39 is 11.8 Å². The van der Waals surface area contributed by atoms with E-state index in [1.54, 1.807) is 12.1 Å². The van der Waals surface area contributed by atoms with Gasteiger partial charge in [0.1, 0.15) is 11.6 Å². The molecule has 1 unspecified atom stereocenters. The molecule has 1 heterocycles. The number of methoxy groups -OCH3 is 1. The van der Waals surface area contributed by atoms with Crippen LogP contribution in [0.4, 0.5) is 10.1 Å². The zero-order valence-electron chi connectivity index (χ0n) is 10.9. The quantitative estimate of drug-likeness (QED) is 0.849. The molecular weight excluding hydrogens is 329 g/mol. The van der Waals surface area contributed by atoms with E-state index in [4.69, 9.17) is 4.42 Å². The molecule has 0 radical (unpaired) electrons. The molecule has 106 valence electrons. The zero-order valence-corrected chi connectivity index (χ0v) is 12.5. The van der Waals surface area contributed by atoms with E-state index in [0.717, 1.165) is 0 Å². The maximum Gasteiger partial charge on any atom is 0.337 e. The first-order valence-electron chi connectivity index (χ1n) is 5.91. The van der Waals surface area contributed by atoms with Crippen LogP contribution in [0.25, 0.3) is 0 Å². The molecule has 20 heavy (non-hydrogen) atoms. The number of ether oxygens (including phenoxy) is 1. The van der Waals surface area contributed by atoms with Crippen molar-refractivity contribution >= 4 is 27.6 Å². The molecule has 0 saturated carbocycles. The summed E-state index contributed by atoms with van der Waals surface area (Å²) in [7, 11) is 1.28. The molecule has 6 heteroatoms. The number of anilines is 1. The fourth-order valence-corrected chi connectivity index (χ4v) is 2.07. The van der Waals surface area contributed by atoms with Gasteiger partial charge in [0.2, 0.25) is 0 Å². The lowest BCUT2D eigenvalue weighted by molar-refractivity contribution is 0.0600. The van der Waals surface area contributed by atoms with Crippen LogP contribution in [0.15, 0.2) is 39.4 Å². The number of furan rings is 1. The van der Waals surface area contributed by atoms with Crippen LogP contribution >= 0.6 is 15.9 Å². The minimum Gasteiger partial charge on any atom is -0.465 e. The Morgan fingerprint density at radius 2 is 2.15 bits per heavy atom. The molecule has 0 fully saturated rings. The number of carbonyl (C=O) groups excluding carboxylic acids is 1. The van der Waals surface area contributed by atoms with Gasteiger partial charge in [0.05, 0.1) is 24.4 Å². The lowest BCUT2D eigenvalue weighted by atomic mass is 10.1. The Hall–Kier alpha value is -1.82. The summed E-state index contributed by atoms with van der Waals surface area (Å²) in [6.07, 6.45) is 0. The molecule has 2 aromatic rings. The molecule has 1 aromatic heterocycles. The Bertz CT molecular complexity index is 627. The van der Waals surface area contributed by atoms with Crippen LogP contribution in [0.2, 0.25) is 0 Å². The number of nitrogens with one attached hydrogen (secondary N) is 1. The number of hydrogen-bond donors (Lipinski definition) is 1. The Labute approximate surface area is 124 Å². The summed E-state index contributed by atoms with van der Waals surface area (Å²) in [6.45, 7) is 1.83. The second-order valence-electron chi connectivity index (χ2n) is 4.19. The largest absolute Gasteiger partial charge is 0.465 e. The molecule has 1 atom stereocenters. The summed E-state index contributed by atoms with van der Waals surface area (Å²) in [5, 5.41) is 2.96. The van der Waals surface area contributed by atoms with Gasteiger partial charge in [-0.1, -0.05) is 0 Å². The van der Waals surface area contributed by atoms with Gasteiger partial charge in [0.15, 0.2) is 4.67 Å². The van der Waals surface area contributed by atoms with Gasteiger partial charge in [0.25, 0.3) is 0 Å². The summed E-state index contributed by atoms with van der Waals surface area (Å²) < 4.78 is 24.4. The third-order valence-electron chi connectivity index (χ3n) is 2.78. The van der Waals surface area contributed by atoms with Crippen molar-refractivity contribution in [2.75, 3.05) is 12.4 Å². The van der Waals surface area contributed by atoms with Crippen molar-refractivity contribution in [3.8, 4) is 0 Å². The molecule has 0 saturated heterocycles. The maximum absolute atomic E-state index is 13.8. The van der Waals surface area contributed by atoms with E-state index >= 15 is 0 Å². The summed E-state index contributed by atoms with van der Waals surface area (Å²) in [5.74, 6) is -0.309. The third-order valence-corrected chi connectivity index (χ3v) is 3.21. The number of hydrogen-bond acceptors (Lipinski definition) is 4. The zero-order chi connectivity index (χ0) is 14.7. The molecule has 0 amide bonds. The SMILES string of the molecule is COC(=O)c1ccc(F)c(NC(C)c2ccc(Br)o2)c1. The van der Waals surface area contributed by atoms with Crippen LogP contribution in [0.5, 0.6) is 0 Å². The van der Waals surface area contributed by atoms with Crippen LogP contribution in [-0.2, 0) is 4.74 Å². The topological polar surface area (TPSA) is 51.5 Å². The number of esters is 1. The molecule has 1 N–H and O–H groups in total. The van der Waals surface area contributed by atoms with Crippen molar-refractivity contribution < 1.29 is 18.3 Å². The highest BCUT2D eigenvalue weighted by atomic mass is 79.9. The molecule has 4 nitrogen and oxygen atoms in total. The van der Waals surface area contributed by atoms with Gasteiger partial charge < -0.3 is 14.5 Å². The monoisotopic (exact) mass is 341 g/mol. The average Bonchev–Trinajstić information content (AvgIpc) is 2.87. The first kappa shape index (κ1) is 14.6. The molecule has 0 spiro atoms. The van der Waals surface area contributed by atoms with E-state index in [9.17, 15) is 9.18 Å². The summed E-state index contributed by atoms with van der Waals surface area (Å²) in [5.41, 5.74) is 0.497. The Morgan fingerprint density at radius 3 is 2.75 bits per heavy atom. The van der Waals surface area contributed by atoms with Gasteiger partial charge in [-0.3, -0.25) is 0 Å². The standard InChI is InChI=1S/C14H13BrFNO3/c1-8(12-5-6-13(15)20-12)17-11-7-9(14(18)19-2)3-4-10(11)16/h3-8,17H,1-2H3. The fraction of sp³-hybridized carbons (Fsp3) is 0.214. The first-order chi connectivity index (χ1) is 9.51. The number of carbonyl (C=O) groups is 1. The molecular formula is C14H13BrFNO3. The number of rotatable bonds is 4. The Kier molecular flexibility index (Phi) is 4.44. The summed E-state index contributed by atoms with van der Waals surface area (Å²) >= 11 is 3.21. The van der Waals surface area contributed by atoms with E-state index in [-0.39, 0.29) is 17.3 Å². The smallest absolute Gasteiger partial charge is 0.337 e. The van der Waals surface area contributed by atoms with Gasteiger partial charge in [-0.15, -0.1) is 0 Å². The molecule has 1 aromatic carbocycles. The maximum atomic E-state index is 13.8. The number of benzene rings is 1. The normalized spacial score (nSPS) is 12.0. The first-order valence-corrected chi connectivity index (χ1v) is 6.70. The predicted octanol–water partition coefficient (Wildman–Crippen LogP) is 4.14. The van der Waals surface area contributed by atoms with Crippen molar-refractivity contribution in [1.29, 1.82) is 0 Å². The van der Waals surface area contributed by atoms with Crippen molar-refractivity contribution in [3.63, 3.8) is 0 Å². The van der Waals surface area contributed by atoms with Crippen LogP contribution < -0.4 is 5.32 Å². The van der Waals surface area contributed by atoms with Gasteiger partial charge in [0, 0.05) is 0 Å². The lowest BCUT2D eigenvalue weighted by Gasteiger charge is -2.14. The Balaban J connectivity index is 2.22. The van der Waals surface area contributed by atoms with Gasteiger partial charge in [-0.25, -0.2) is 9.18 Å².